The summed E-state index contributed by atoms with van der Waals surface area (Å²) < 4.78 is 23.9. The van der Waals surface area contributed by atoms with Crippen molar-refractivity contribution in [2.45, 2.75) is 25.8 Å². The second-order valence-electron chi connectivity index (χ2n) is 1.98. The maximum atomic E-state index is 9.81. The van der Waals surface area contributed by atoms with Gasteiger partial charge in [-0.2, -0.15) is 0 Å². The smallest absolute Gasteiger partial charge is 0.0842 e. The molecule has 2 N–H and O–H groups in total. The van der Waals surface area contributed by atoms with Crippen molar-refractivity contribution >= 4 is 11.4 Å². The molecular weight excluding hydrogens is 154 g/mol. The molecule has 0 aromatic heterocycles. The van der Waals surface area contributed by atoms with Crippen molar-refractivity contribution in [2.24, 2.45) is 5.73 Å². The highest BCUT2D eigenvalue weighted by molar-refractivity contribution is 7.74. The molecule has 0 aromatic rings. The Morgan fingerprint density at radius 2 is 2.40 bits per heavy atom. The molecule has 4 nitrogen and oxygen atoms in total. The Kier molecular flexibility index (Phi) is 5.81. The predicted octanol–water partition coefficient (Wildman–Crippen LogP) is -0.0755. The number of nitrogens with two attached hydrogens (primary N) is 1. The fraction of sp³-hybridized carbons (Fsp3) is 1.00. The van der Waals surface area contributed by atoms with Gasteiger partial charge in [0.2, 0.25) is 0 Å². The lowest BCUT2D eigenvalue weighted by Crippen LogP contribution is -2.20. The summed E-state index contributed by atoms with van der Waals surface area (Å²) in [4.78, 5) is 0. The van der Waals surface area contributed by atoms with Gasteiger partial charge in [0.25, 0.3) is 0 Å². The van der Waals surface area contributed by atoms with Gasteiger partial charge in [0.1, 0.15) is 0 Å². The molecular formula is C5H12NO3S-. The Morgan fingerprint density at radius 1 is 1.80 bits per heavy atom. The van der Waals surface area contributed by atoms with Crippen LogP contribution in [-0.4, -0.2) is 21.4 Å². The van der Waals surface area contributed by atoms with Crippen molar-refractivity contribution < 1.29 is 12.9 Å². The molecule has 0 aliphatic rings. The zero-order valence-corrected chi connectivity index (χ0v) is 6.73. The summed E-state index contributed by atoms with van der Waals surface area (Å²) in [5, 5.41) is 0. The van der Waals surface area contributed by atoms with Gasteiger partial charge in [-0.3, -0.25) is 0 Å². The van der Waals surface area contributed by atoms with Gasteiger partial charge < -0.3 is 14.5 Å². The molecule has 2 unspecified atom stereocenters. The standard InChI is InChI=1S/C5H13NO3S/c1-2-5(6)3-4-9-10(7)8/h5H,2-4,6H2,1H3,(H,7,8)/p-1. The van der Waals surface area contributed by atoms with Crippen molar-refractivity contribution in [3.05, 3.63) is 0 Å². The van der Waals surface area contributed by atoms with Crippen LogP contribution >= 0.6 is 0 Å². The summed E-state index contributed by atoms with van der Waals surface area (Å²) in [5.74, 6) is 0. The first-order chi connectivity index (χ1) is 4.66. The van der Waals surface area contributed by atoms with E-state index in [1.807, 2.05) is 6.92 Å². The molecule has 0 bridgehead atoms. The van der Waals surface area contributed by atoms with E-state index in [0.29, 0.717) is 6.42 Å². The minimum absolute atomic E-state index is 0.0450. The van der Waals surface area contributed by atoms with E-state index in [0.717, 1.165) is 6.42 Å². The van der Waals surface area contributed by atoms with Crippen LogP contribution in [0.3, 0.4) is 0 Å². The van der Waals surface area contributed by atoms with Crippen molar-refractivity contribution in [3.63, 3.8) is 0 Å². The third-order valence-electron chi connectivity index (χ3n) is 1.19. The summed E-state index contributed by atoms with van der Waals surface area (Å²) in [6.07, 6.45) is 1.43. The first kappa shape index (κ1) is 10.0. The van der Waals surface area contributed by atoms with Crippen LogP contribution in [0, 0.1) is 0 Å². The fourth-order valence-corrected chi connectivity index (χ4v) is 0.704. The Balaban J connectivity index is 3.11. The van der Waals surface area contributed by atoms with Gasteiger partial charge >= 0.3 is 0 Å². The number of rotatable bonds is 5. The molecule has 0 saturated heterocycles. The van der Waals surface area contributed by atoms with E-state index in [-0.39, 0.29) is 12.6 Å². The minimum atomic E-state index is -2.39. The van der Waals surface area contributed by atoms with E-state index in [4.69, 9.17) is 5.73 Å². The topological polar surface area (TPSA) is 75.4 Å². The lowest BCUT2D eigenvalue weighted by atomic mass is 10.2. The lowest BCUT2D eigenvalue weighted by molar-refractivity contribution is 0.284. The van der Waals surface area contributed by atoms with Gasteiger partial charge in [0.05, 0.1) is 18.0 Å². The molecule has 0 amide bonds. The first-order valence-corrected chi connectivity index (χ1v) is 4.15. The Hall–Kier alpha value is 0.0300. The van der Waals surface area contributed by atoms with Crippen LogP contribution in [0.4, 0.5) is 0 Å². The van der Waals surface area contributed by atoms with Gasteiger partial charge in [-0.1, -0.05) is 6.92 Å². The zero-order chi connectivity index (χ0) is 7.98. The highest BCUT2D eigenvalue weighted by Gasteiger charge is 1.97. The minimum Gasteiger partial charge on any atom is -0.750 e. The average molecular weight is 166 g/mol. The summed E-state index contributed by atoms with van der Waals surface area (Å²) in [6, 6.07) is 0.0450. The number of hydrogen-bond donors (Lipinski definition) is 1. The molecule has 0 fully saturated rings. The van der Waals surface area contributed by atoms with Gasteiger partial charge in [-0.05, 0) is 12.8 Å². The molecule has 0 aliphatic carbocycles. The maximum absolute atomic E-state index is 9.81. The molecule has 0 rings (SSSR count). The van der Waals surface area contributed by atoms with E-state index in [1.165, 1.54) is 0 Å². The molecule has 0 aromatic carbocycles. The predicted molar refractivity (Wildman–Crippen MR) is 37.8 cm³/mol. The molecule has 0 saturated carbocycles. The van der Waals surface area contributed by atoms with E-state index in [9.17, 15) is 8.76 Å². The summed E-state index contributed by atoms with van der Waals surface area (Å²) >= 11 is -2.39. The highest BCUT2D eigenvalue weighted by Crippen LogP contribution is 1.93. The van der Waals surface area contributed by atoms with Crippen molar-refractivity contribution in [2.75, 3.05) is 6.61 Å². The lowest BCUT2D eigenvalue weighted by Gasteiger charge is -2.09. The van der Waals surface area contributed by atoms with Crippen LogP contribution in [0.15, 0.2) is 0 Å². The van der Waals surface area contributed by atoms with Crippen LogP contribution in [-0.2, 0) is 15.5 Å². The van der Waals surface area contributed by atoms with E-state index in [1.54, 1.807) is 0 Å². The van der Waals surface area contributed by atoms with Crippen LogP contribution in [0.2, 0.25) is 0 Å². The molecule has 62 valence electrons. The Bertz CT molecular complexity index is 109. The summed E-state index contributed by atoms with van der Waals surface area (Å²) in [6.45, 7) is 2.13. The fourth-order valence-electron chi connectivity index (χ4n) is 0.472. The maximum Gasteiger partial charge on any atom is 0.0842 e. The van der Waals surface area contributed by atoms with Gasteiger partial charge in [0.15, 0.2) is 0 Å². The SMILES string of the molecule is CCC(N)CCOS(=O)[O-]. The molecule has 0 aliphatic heterocycles. The normalized spacial score (nSPS) is 16.7. The summed E-state index contributed by atoms with van der Waals surface area (Å²) in [7, 11) is 0. The quantitative estimate of drug-likeness (QED) is 0.580. The molecule has 0 radical (unpaired) electrons. The molecule has 0 spiro atoms. The molecule has 5 heteroatoms. The largest absolute Gasteiger partial charge is 0.750 e. The molecule has 2 atom stereocenters. The van der Waals surface area contributed by atoms with E-state index in [2.05, 4.69) is 4.18 Å². The second-order valence-corrected chi connectivity index (χ2v) is 2.63. The van der Waals surface area contributed by atoms with Crippen molar-refractivity contribution in [1.29, 1.82) is 0 Å². The number of hydrogen-bond acceptors (Lipinski definition) is 4. The van der Waals surface area contributed by atoms with Crippen molar-refractivity contribution in [1.82, 2.24) is 0 Å². The van der Waals surface area contributed by atoms with Gasteiger partial charge in [-0.25, -0.2) is 4.21 Å². The average Bonchev–Trinajstić information content (AvgIpc) is 1.87. The Labute approximate surface area is 63.2 Å². The van der Waals surface area contributed by atoms with E-state index >= 15 is 0 Å². The van der Waals surface area contributed by atoms with E-state index < -0.39 is 11.4 Å². The third-order valence-corrected chi connectivity index (χ3v) is 1.55. The molecule has 0 heterocycles. The molecule has 10 heavy (non-hydrogen) atoms. The highest BCUT2D eigenvalue weighted by atomic mass is 32.2. The summed E-state index contributed by atoms with van der Waals surface area (Å²) in [5.41, 5.74) is 5.48. The van der Waals surface area contributed by atoms with Crippen LogP contribution in [0.1, 0.15) is 19.8 Å². The van der Waals surface area contributed by atoms with Gasteiger partial charge in [0, 0.05) is 6.04 Å². The van der Waals surface area contributed by atoms with Crippen molar-refractivity contribution in [3.8, 4) is 0 Å². The van der Waals surface area contributed by atoms with Crippen LogP contribution in [0.25, 0.3) is 0 Å². The first-order valence-electron chi connectivity index (χ1n) is 3.15. The third kappa shape index (κ3) is 6.15. The van der Waals surface area contributed by atoms with Gasteiger partial charge in [-0.15, -0.1) is 0 Å². The Morgan fingerprint density at radius 3 is 2.80 bits per heavy atom. The zero-order valence-electron chi connectivity index (χ0n) is 5.91. The van der Waals surface area contributed by atoms with Crippen LogP contribution in [0.5, 0.6) is 0 Å². The van der Waals surface area contributed by atoms with Crippen LogP contribution < -0.4 is 5.73 Å². The second kappa shape index (κ2) is 5.79. The monoisotopic (exact) mass is 166 g/mol.